The van der Waals surface area contributed by atoms with E-state index >= 15 is 0 Å². The molecule has 25 N–H and O–H groups in total. The Labute approximate surface area is 611 Å². The minimum Gasteiger partial charge on any atom is -0.384 e. The number of amidine groups is 1. The number of para-hydroxylation sites is 1. The van der Waals surface area contributed by atoms with E-state index in [2.05, 4.69) is 73.5 Å². The van der Waals surface area contributed by atoms with E-state index in [0.717, 1.165) is 16.5 Å². The van der Waals surface area contributed by atoms with Crippen LogP contribution in [0.25, 0.3) is 10.9 Å². The predicted molar refractivity (Wildman–Crippen MR) is 402 cm³/mol. The Hall–Kier alpha value is -9.88. The standard InChI is InChI=1S/C72H119N21O11/c1-39(2)33-54(85-45(12)94)66(100)90-56(35-41(5)6)68(102)92-57(36-42(7)8)69(103)91-55(34-40(3)4)67(101)87-53(23-18-31-82-72(78)79)65(99)93-59(43(9)10)70(104)88-51(21-15-16-29-73)64(98)86-52(22-17-30-81-71(76)77)63(97)84-44(11)61(95)89-58(37-46-24-26-47(27-25-46)60(74)75)62(96)80-32-28-48-38-83-50-20-14-13-19-49(48)50/h13-14,19-20,24-27,38-44,51-59,83H,15-18,21-23,28-37,73H2,1-12H3,(H3,74,75)(H,80,96)(H,84,97)(H,85,94)(H,86,98)(H,87,101)(H,88,104)(H,89,95)(H,90,100)(H,91,103)(H,92,102)(H,93,99)(H4,76,77,81)(H4,78,79,82)/t44-,51-,52-,53-,54+,55-,56-,57-,58-,59-/m0/s1. The third-order valence-corrected chi connectivity index (χ3v) is 16.9. The van der Waals surface area contributed by atoms with Crippen LogP contribution < -0.4 is 92.9 Å². The topological polar surface area (TPSA) is 541 Å². The summed E-state index contributed by atoms with van der Waals surface area (Å²) in [6.07, 6.45) is 3.98. The van der Waals surface area contributed by atoms with Gasteiger partial charge in [0.1, 0.15) is 66.3 Å². The van der Waals surface area contributed by atoms with Crippen molar-refractivity contribution < 1.29 is 52.7 Å². The second kappa shape index (κ2) is 45.3. The van der Waals surface area contributed by atoms with Crippen molar-refractivity contribution in [3.8, 4) is 0 Å². The van der Waals surface area contributed by atoms with Crippen molar-refractivity contribution in [3.63, 3.8) is 0 Å². The molecule has 2 aromatic carbocycles. The first-order chi connectivity index (χ1) is 49.0. The van der Waals surface area contributed by atoms with Gasteiger partial charge in [0.15, 0.2) is 11.9 Å². The van der Waals surface area contributed by atoms with Crippen LogP contribution in [0.5, 0.6) is 0 Å². The van der Waals surface area contributed by atoms with Gasteiger partial charge in [0, 0.05) is 55.6 Å². The average molecular weight is 1450 g/mol. The van der Waals surface area contributed by atoms with Gasteiger partial charge in [0.05, 0.1) is 0 Å². The number of aromatic nitrogens is 1. The number of nitrogens with zero attached hydrogens (tertiary/aromatic N) is 2. The van der Waals surface area contributed by atoms with Gasteiger partial charge in [-0.25, -0.2) is 0 Å². The molecule has 0 saturated carbocycles. The van der Waals surface area contributed by atoms with Gasteiger partial charge in [-0.3, -0.25) is 68.1 Å². The van der Waals surface area contributed by atoms with Gasteiger partial charge in [-0.15, -0.1) is 0 Å². The molecule has 0 bridgehead atoms. The molecule has 0 saturated heterocycles. The highest BCUT2D eigenvalue weighted by Gasteiger charge is 2.37. The number of nitrogens with two attached hydrogens (primary N) is 6. The van der Waals surface area contributed by atoms with Crippen molar-refractivity contribution in [2.24, 2.45) is 74.0 Å². The fourth-order valence-electron chi connectivity index (χ4n) is 11.5. The minimum atomic E-state index is -1.37. The van der Waals surface area contributed by atoms with Crippen molar-refractivity contribution in [1.29, 1.82) is 5.41 Å². The lowest BCUT2D eigenvalue weighted by Gasteiger charge is -2.30. The second-order valence-corrected chi connectivity index (χ2v) is 28.6. The Bertz CT molecular complexity index is 3380. The number of carbonyl (C=O) groups excluding carboxylic acids is 11. The van der Waals surface area contributed by atoms with Crippen LogP contribution in [0.4, 0.5) is 0 Å². The van der Waals surface area contributed by atoms with Gasteiger partial charge in [-0.05, 0) is 137 Å². The summed E-state index contributed by atoms with van der Waals surface area (Å²) in [6.45, 7) is 21.4. The van der Waals surface area contributed by atoms with E-state index in [0.29, 0.717) is 36.8 Å². The van der Waals surface area contributed by atoms with Gasteiger partial charge in [-0.2, -0.15) is 0 Å². The Morgan fingerprint density at radius 2 is 0.856 bits per heavy atom. The van der Waals surface area contributed by atoms with Gasteiger partial charge < -0.3 is 97.9 Å². The van der Waals surface area contributed by atoms with Crippen LogP contribution in [0.2, 0.25) is 0 Å². The largest absolute Gasteiger partial charge is 0.384 e. The predicted octanol–water partition coefficient (Wildman–Crippen LogP) is 0.318. The smallest absolute Gasteiger partial charge is 0.243 e. The molecule has 0 fully saturated rings. The molecular formula is C72H119N21O11. The summed E-state index contributed by atoms with van der Waals surface area (Å²) in [5.74, 6) is -9.28. The number of amides is 11. The molecule has 0 aliphatic rings. The van der Waals surface area contributed by atoms with Gasteiger partial charge in [0.25, 0.3) is 0 Å². The number of rotatable bonds is 47. The molecule has 10 atom stereocenters. The number of aliphatic imine (C=N–C) groups is 2. The molecule has 104 heavy (non-hydrogen) atoms. The first-order valence-electron chi connectivity index (χ1n) is 36.1. The fraction of sp³-hybridized carbons (Fsp3) is 0.611. The van der Waals surface area contributed by atoms with E-state index in [1.54, 1.807) is 38.1 Å². The first-order valence-corrected chi connectivity index (χ1v) is 36.1. The molecular weight excluding hydrogens is 1330 g/mol. The Kier molecular flexibility index (Phi) is 38.5. The van der Waals surface area contributed by atoms with Crippen molar-refractivity contribution in [2.45, 2.75) is 227 Å². The molecule has 1 heterocycles. The number of unbranched alkanes of at least 4 members (excludes halogenated alkanes) is 1. The van der Waals surface area contributed by atoms with Crippen molar-refractivity contribution in [2.75, 3.05) is 26.2 Å². The van der Waals surface area contributed by atoms with E-state index in [4.69, 9.17) is 39.8 Å². The molecule has 3 rings (SSSR count). The molecule has 0 aliphatic heterocycles. The molecule has 0 spiro atoms. The van der Waals surface area contributed by atoms with Crippen molar-refractivity contribution in [1.82, 2.24) is 63.5 Å². The van der Waals surface area contributed by atoms with Crippen LogP contribution in [-0.2, 0) is 65.6 Å². The Morgan fingerprint density at radius 1 is 0.452 bits per heavy atom. The lowest BCUT2D eigenvalue weighted by atomic mass is 9.97. The molecule has 578 valence electrons. The van der Waals surface area contributed by atoms with Crippen molar-refractivity contribution >= 4 is 93.6 Å². The number of carbonyl (C=O) groups is 11. The van der Waals surface area contributed by atoms with Crippen LogP contribution in [0.3, 0.4) is 0 Å². The van der Waals surface area contributed by atoms with E-state index in [9.17, 15) is 52.7 Å². The van der Waals surface area contributed by atoms with Crippen LogP contribution in [0.15, 0.2) is 64.7 Å². The molecule has 3 aromatic rings. The van der Waals surface area contributed by atoms with Crippen LogP contribution in [-0.4, -0.2) is 174 Å². The maximum absolute atomic E-state index is 14.7. The zero-order chi connectivity index (χ0) is 77.9. The fourth-order valence-corrected chi connectivity index (χ4v) is 11.5. The molecule has 0 aliphatic carbocycles. The third kappa shape index (κ3) is 32.6. The number of H-pyrrole nitrogens is 1. The highest BCUT2D eigenvalue weighted by atomic mass is 16.2. The number of guanidine groups is 2. The normalized spacial score (nSPS) is 14.2. The number of nitrogens with one attached hydrogen (secondary N) is 13. The van der Waals surface area contributed by atoms with E-state index in [-0.39, 0.29) is 125 Å². The molecule has 1 aromatic heterocycles. The van der Waals surface area contributed by atoms with Crippen LogP contribution in [0.1, 0.15) is 170 Å². The van der Waals surface area contributed by atoms with Crippen LogP contribution in [0, 0.1) is 35.0 Å². The van der Waals surface area contributed by atoms with Crippen LogP contribution >= 0.6 is 0 Å². The van der Waals surface area contributed by atoms with E-state index < -0.39 is 131 Å². The van der Waals surface area contributed by atoms with Gasteiger partial charge in [0.2, 0.25) is 65.0 Å². The number of aromatic amines is 1. The molecule has 32 heteroatoms. The maximum atomic E-state index is 14.7. The lowest BCUT2D eigenvalue weighted by Crippen LogP contribution is -2.61. The number of benzene rings is 2. The summed E-state index contributed by atoms with van der Waals surface area (Å²) in [7, 11) is 0. The highest BCUT2D eigenvalue weighted by molar-refractivity contribution is 5.99. The first kappa shape index (κ1) is 88.3. The van der Waals surface area contributed by atoms with E-state index in [1.165, 1.54) is 13.8 Å². The Balaban J connectivity index is 1.92. The van der Waals surface area contributed by atoms with Crippen molar-refractivity contribution in [3.05, 3.63) is 71.4 Å². The monoisotopic (exact) mass is 1450 g/mol. The Morgan fingerprint density at radius 3 is 1.29 bits per heavy atom. The summed E-state index contributed by atoms with van der Waals surface area (Å²) in [4.78, 5) is 167. The van der Waals surface area contributed by atoms with E-state index in [1.807, 2.05) is 85.9 Å². The SMILES string of the molecule is CC(=O)N[C@H](CC(C)C)C(=O)N[C@@H](CC(C)C)C(=O)N[C@@H](CC(C)C)C(=O)N[C@@H](CC(C)C)C(=O)N[C@@H](CCCN=C(N)N)C(=O)N[C@H](C(=O)N[C@@H](CCCCN)C(=O)N[C@@H](CCCN=C(N)N)C(=O)N[C@@H](C)C(=O)N[C@@H](Cc1ccc(C(=N)N)cc1)C(=O)NCCc1c[nH]c2ccccc12)C(C)C. The summed E-state index contributed by atoms with van der Waals surface area (Å²) in [5.41, 5.74) is 37.0. The quantitative estimate of drug-likeness (QED) is 0.0206. The summed E-state index contributed by atoms with van der Waals surface area (Å²) in [6, 6.07) is 2.01. The zero-order valence-electron chi connectivity index (χ0n) is 62.7. The molecule has 32 nitrogen and oxygen atoms in total. The summed E-state index contributed by atoms with van der Waals surface area (Å²) >= 11 is 0. The lowest BCUT2D eigenvalue weighted by molar-refractivity contribution is -0.137. The zero-order valence-corrected chi connectivity index (χ0v) is 62.7. The second-order valence-electron chi connectivity index (χ2n) is 28.6. The summed E-state index contributed by atoms with van der Waals surface area (Å²) in [5, 5.41) is 39.3. The molecule has 0 unspecified atom stereocenters. The average Bonchev–Trinajstić information content (AvgIpc) is 1.68. The van der Waals surface area contributed by atoms with Gasteiger partial charge >= 0.3 is 0 Å². The molecule has 11 amide bonds. The number of fused-ring (bicyclic) bond motifs is 1. The summed E-state index contributed by atoms with van der Waals surface area (Å²) < 4.78 is 0. The minimum absolute atomic E-state index is 0.0133. The van der Waals surface area contributed by atoms with Gasteiger partial charge in [-0.1, -0.05) is 112 Å². The maximum Gasteiger partial charge on any atom is 0.243 e. The number of hydrogen-bond acceptors (Lipinski definition) is 15. The molecule has 0 radical (unpaired) electrons. The number of hydrogen-bond donors (Lipinski definition) is 19. The highest BCUT2D eigenvalue weighted by Crippen LogP contribution is 2.19. The third-order valence-electron chi connectivity index (χ3n) is 16.9. The number of nitrogen functional groups attached to an aromatic ring is 1.